The molecule has 27 heavy (non-hydrogen) atoms. The molecule has 146 valence electrons. The first-order valence-corrected chi connectivity index (χ1v) is 10.2. The highest BCUT2D eigenvalue weighted by Crippen LogP contribution is 2.43. The Morgan fingerprint density at radius 1 is 1.26 bits per heavy atom. The quantitative estimate of drug-likeness (QED) is 0.756. The molecular formula is C20H27N3O4. The zero-order valence-electron chi connectivity index (χ0n) is 15.4. The van der Waals surface area contributed by atoms with E-state index in [0.717, 1.165) is 38.9 Å². The lowest BCUT2D eigenvalue weighted by atomic mass is 9.69. The Morgan fingerprint density at radius 3 is 2.96 bits per heavy atom. The largest absolute Gasteiger partial charge is 0.455 e. The average molecular weight is 373 g/mol. The number of carbonyl (C=O) groups is 2. The lowest BCUT2D eigenvalue weighted by molar-refractivity contribution is -0.163. The number of aliphatic hydroxyl groups is 1. The summed E-state index contributed by atoms with van der Waals surface area (Å²) in [5, 5.41) is 11.1. The molecule has 4 aliphatic heterocycles. The minimum Gasteiger partial charge on any atom is -0.455 e. The van der Waals surface area contributed by atoms with Crippen LogP contribution in [0.4, 0.5) is 0 Å². The highest BCUT2D eigenvalue weighted by atomic mass is 16.6. The summed E-state index contributed by atoms with van der Waals surface area (Å²) >= 11 is 0. The van der Waals surface area contributed by atoms with Gasteiger partial charge in [0.25, 0.3) is 0 Å². The summed E-state index contributed by atoms with van der Waals surface area (Å²) in [6.07, 6.45) is 4.97. The molecular weight excluding hydrogens is 346 g/mol. The van der Waals surface area contributed by atoms with Crippen LogP contribution in [-0.4, -0.2) is 75.7 Å². The minimum absolute atomic E-state index is 0.0351. The van der Waals surface area contributed by atoms with Crippen LogP contribution < -0.4 is 0 Å². The Kier molecular flexibility index (Phi) is 4.24. The first-order valence-electron chi connectivity index (χ1n) is 10.2. The van der Waals surface area contributed by atoms with E-state index in [2.05, 4.69) is 14.8 Å². The normalized spacial score (nSPS) is 38.9. The topological polar surface area (TPSA) is 85.9 Å². The second-order valence-electron chi connectivity index (χ2n) is 8.55. The van der Waals surface area contributed by atoms with Crippen LogP contribution in [0, 0.1) is 11.8 Å². The number of esters is 1. The van der Waals surface area contributed by atoms with Crippen molar-refractivity contribution >= 4 is 11.9 Å². The van der Waals surface area contributed by atoms with Crippen molar-refractivity contribution in [1.82, 2.24) is 14.8 Å². The number of aromatic amines is 1. The Bertz CT molecular complexity index is 721. The fraction of sp³-hybridized carbons (Fsp3) is 0.700. The van der Waals surface area contributed by atoms with Gasteiger partial charge < -0.3 is 19.7 Å². The maximum atomic E-state index is 12.4. The molecule has 4 saturated heterocycles. The number of H-pyrrole nitrogens is 1. The lowest BCUT2D eigenvalue weighted by Crippen LogP contribution is -2.69. The molecule has 5 rings (SSSR count). The van der Waals surface area contributed by atoms with Crippen molar-refractivity contribution in [3.8, 4) is 0 Å². The van der Waals surface area contributed by atoms with E-state index >= 15 is 0 Å². The predicted octanol–water partition coefficient (Wildman–Crippen LogP) is 1.01. The number of aliphatic hydroxyl groups excluding tert-OH is 1. The molecule has 0 unspecified atom stereocenters. The van der Waals surface area contributed by atoms with Gasteiger partial charge in [-0.05, 0) is 49.7 Å². The van der Waals surface area contributed by atoms with Crippen LogP contribution in [0.15, 0.2) is 18.3 Å². The first kappa shape index (κ1) is 17.3. The lowest BCUT2D eigenvalue weighted by Gasteiger charge is -2.58. The summed E-state index contributed by atoms with van der Waals surface area (Å²) in [6, 6.07) is 3.78. The summed E-state index contributed by atoms with van der Waals surface area (Å²) in [6.45, 7) is 2.50. The van der Waals surface area contributed by atoms with Gasteiger partial charge in [0, 0.05) is 44.3 Å². The molecule has 7 heteroatoms. The molecule has 0 spiro atoms. The zero-order chi connectivity index (χ0) is 18.5. The fourth-order valence-electron chi connectivity index (χ4n) is 5.92. The number of nitrogens with zero attached hydrogens (tertiary/aromatic N) is 2. The van der Waals surface area contributed by atoms with Crippen molar-refractivity contribution in [1.29, 1.82) is 0 Å². The number of amides is 1. The van der Waals surface area contributed by atoms with Crippen molar-refractivity contribution < 1.29 is 19.4 Å². The number of carbonyl (C=O) groups excluding carboxylic acids is 2. The number of rotatable bonds is 2. The molecule has 0 saturated carbocycles. The van der Waals surface area contributed by atoms with Crippen LogP contribution in [0.1, 0.15) is 42.6 Å². The number of hydrogen-bond donors (Lipinski definition) is 2. The van der Waals surface area contributed by atoms with Gasteiger partial charge in [0.15, 0.2) is 0 Å². The van der Waals surface area contributed by atoms with Crippen LogP contribution in [0.25, 0.3) is 0 Å². The van der Waals surface area contributed by atoms with Crippen LogP contribution >= 0.6 is 0 Å². The number of aromatic nitrogens is 1. The molecule has 5 heterocycles. The number of nitrogens with one attached hydrogen (secondary N) is 1. The van der Waals surface area contributed by atoms with Crippen molar-refractivity contribution in [2.45, 2.75) is 56.4 Å². The van der Waals surface area contributed by atoms with Gasteiger partial charge in [0.2, 0.25) is 5.91 Å². The van der Waals surface area contributed by atoms with Gasteiger partial charge in [0.1, 0.15) is 17.9 Å². The van der Waals surface area contributed by atoms with E-state index in [1.165, 1.54) is 0 Å². The molecule has 0 radical (unpaired) electrons. The maximum Gasteiger partial charge on any atom is 0.355 e. The van der Waals surface area contributed by atoms with Gasteiger partial charge >= 0.3 is 5.97 Å². The number of fused-ring (bicyclic) bond motifs is 6. The van der Waals surface area contributed by atoms with Gasteiger partial charge in [-0.3, -0.25) is 9.69 Å². The number of hydrogen-bond acceptors (Lipinski definition) is 5. The smallest absolute Gasteiger partial charge is 0.355 e. The van der Waals surface area contributed by atoms with Gasteiger partial charge in [-0.15, -0.1) is 0 Å². The second-order valence-corrected chi connectivity index (χ2v) is 8.55. The minimum atomic E-state index is -0.708. The zero-order valence-corrected chi connectivity index (χ0v) is 15.4. The van der Waals surface area contributed by atoms with Crippen molar-refractivity contribution in [2.24, 2.45) is 11.8 Å². The van der Waals surface area contributed by atoms with Crippen LogP contribution in [0.5, 0.6) is 0 Å². The fourth-order valence-corrected chi connectivity index (χ4v) is 5.92. The van der Waals surface area contributed by atoms with E-state index < -0.39 is 18.2 Å². The molecule has 1 amide bonds. The Hall–Kier alpha value is -1.86. The second kappa shape index (κ2) is 6.63. The Labute approximate surface area is 158 Å². The molecule has 0 aliphatic carbocycles. The third kappa shape index (κ3) is 2.88. The molecule has 7 nitrogen and oxygen atoms in total. The summed E-state index contributed by atoms with van der Waals surface area (Å²) in [4.78, 5) is 32.0. The summed E-state index contributed by atoms with van der Waals surface area (Å²) in [5.74, 6) is 0.619. The van der Waals surface area contributed by atoms with Crippen molar-refractivity contribution in [2.75, 3.05) is 19.6 Å². The summed E-state index contributed by atoms with van der Waals surface area (Å²) in [5.41, 5.74) is 0.410. The van der Waals surface area contributed by atoms with Crippen molar-refractivity contribution in [3.63, 3.8) is 0 Å². The molecule has 0 aromatic carbocycles. The Balaban J connectivity index is 1.32. The standard InChI is InChI=1S/C20H27N3O4/c24-17-5-1-4-15-12-9-13(11-23(15)17)18-19(25)16(6-8-22(18)10-12)27-20(26)14-3-2-7-21-14/h2-3,7,12-13,15-16,18-19,21,25H,1,4-6,8-11H2/t12-,13-,15+,16+,18-,19-/m1/s1. The highest BCUT2D eigenvalue weighted by Gasteiger charge is 2.52. The molecule has 4 aliphatic rings. The van der Waals surface area contributed by atoms with Gasteiger partial charge in [-0.25, -0.2) is 4.79 Å². The molecule has 4 fully saturated rings. The van der Waals surface area contributed by atoms with E-state index in [1.807, 2.05) is 0 Å². The van der Waals surface area contributed by atoms with E-state index in [-0.39, 0.29) is 17.9 Å². The molecule has 6 atom stereocenters. The number of ether oxygens (including phenoxy) is 1. The van der Waals surface area contributed by atoms with E-state index in [0.29, 0.717) is 30.5 Å². The molecule has 1 aromatic heterocycles. The maximum absolute atomic E-state index is 12.4. The van der Waals surface area contributed by atoms with E-state index in [9.17, 15) is 14.7 Å². The molecule has 1 aromatic rings. The Morgan fingerprint density at radius 2 is 2.15 bits per heavy atom. The van der Waals surface area contributed by atoms with Crippen molar-refractivity contribution in [3.05, 3.63) is 24.0 Å². The SMILES string of the molecule is O=C(O[C@H]1CCN2C[C@H]3C[C@H](CN4C(=O)CCC[C@@H]34)[C@@H]2[C@@H]1O)c1ccc[nH]1. The monoisotopic (exact) mass is 373 g/mol. The van der Waals surface area contributed by atoms with Gasteiger partial charge in [-0.1, -0.05) is 0 Å². The number of piperidine rings is 4. The van der Waals surface area contributed by atoms with E-state index in [1.54, 1.807) is 18.3 Å². The summed E-state index contributed by atoms with van der Waals surface area (Å²) < 4.78 is 5.64. The van der Waals surface area contributed by atoms with Crippen LogP contribution in [-0.2, 0) is 9.53 Å². The average Bonchev–Trinajstić information content (AvgIpc) is 3.20. The third-order valence-corrected chi connectivity index (χ3v) is 7.07. The highest BCUT2D eigenvalue weighted by molar-refractivity contribution is 5.87. The van der Waals surface area contributed by atoms with Crippen LogP contribution in [0.2, 0.25) is 0 Å². The molecule has 2 bridgehead atoms. The van der Waals surface area contributed by atoms with Gasteiger partial charge in [0.05, 0.1) is 0 Å². The van der Waals surface area contributed by atoms with Crippen LogP contribution in [0.3, 0.4) is 0 Å². The third-order valence-electron chi connectivity index (χ3n) is 7.07. The van der Waals surface area contributed by atoms with Gasteiger partial charge in [-0.2, -0.15) is 0 Å². The predicted molar refractivity (Wildman–Crippen MR) is 96.9 cm³/mol. The molecule has 2 N–H and O–H groups in total. The van der Waals surface area contributed by atoms with E-state index in [4.69, 9.17) is 4.74 Å². The first-order chi connectivity index (χ1) is 13.1. The summed E-state index contributed by atoms with van der Waals surface area (Å²) in [7, 11) is 0.